The smallest absolute Gasteiger partial charge is 0.306 e. The first-order valence-corrected chi connectivity index (χ1v) is 25.8. The van der Waals surface area contributed by atoms with E-state index in [1.807, 2.05) is 0 Å². The summed E-state index contributed by atoms with van der Waals surface area (Å²) in [5.74, 6) is -0.939. The first kappa shape index (κ1) is 58.1. The Kier molecular flexibility index (Phi) is 47.4. The topological polar surface area (TPSA) is 78.9 Å². The van der Waals surface area contributed by atoms with Crippen molar-refractivity contribution in [2.45, 2.75) is 258 Å². The van der Waals surface area contributed by atoms with Crippen molar-refractivity contribution in [3.05, 3.63) is 60.8 Å². The molecule has 0 bridgehead atoms. The lowest BCUT2D eigenvalue weighted by Crippen LogP contribution is -2.30. The van der Waals surface area contributed by atoms with Crippen LogP contribution in [0.4, 0.5) is 0 Å². The average Bonchev–Trinajstić information content (AvgIpc) is 3.26. The van der Waals surface area contributed by atoms with E-state index in [0.29, 0.717) is 25.7 Å². The zero-order chi connectivity index (χ0) is 44.4. The summed E-state index contributed by atoms with van der Waals surface area (Å²) in [6.07, 6.45) is 60.7. The van der Waals surface area contributed by atoms with Gasteiger partial charge in [0.15, 0.2) is 6.10 Å². The van der Waals surface area contributed by atoms with Gasteiger partial charge >= 0.3 is 17.9 Å². The highest BCUT2D eigenvalue weighted by molar-refractivity contribution is 5.71. The molecule has 0 aliphatic carbocycles. The van der Waals surface area contributed by atoms with Crippen LogP contribution in [0, 0.1) is 0 Å². The predicted molar refractivity (Wildman–Crippen MR) is 261 cm³/mol. The maximum atomic E-state index is 12.8. The van der Waals surface area contributed by atoms with E-state index in [0.717, 1.165) is 64.2 Å². The number of carbonyl (C=O) groups excluding carboxylic acids is 3. The number of ether oxygens (including phenoxy) is 3. The molecule has 0 radical (unpaired) electrons. The summed E-state index contributed by atoms with van der Waals surface area (Å²) in [4.78, 5) is 37.9. The molecule has 6 nitrogen and oxygen atoms in total. The summed E-state index contributed by atoms with van der Waals surface area (Å²) < 4.78 is 16.7. The maximum absolute atomic E-state index is 12.8. The van der Waals surface area contributed by atoms with Gasteiger partial charge in [0, 0.05) is 19.3 Å². The van der Waals surface area contributed by atoms with E-state index < -0.39 is 6.10 Å². The van der Waals surface area contributed by atoms with Crippen molar-refractivity contribution < 1.29 is 28.6 Å². The van der Waals surface area contributed by atoms with Crippen molar-refractivity contribution in [1.82, 2.24) is 0 Å². The van der Waals surface area contributed by atoms with Crippen molar-refractivity contribution >= 4 is 17.9 Å². The molecule has 0 saturated heterocycles. The normalized spacial score (nSPS) is 12.5. The van der Waals surface area contributed by atoms with Crippen LogP contribution in [0.2, 0.25) is 0 Å². The third-order valence-corrected chi connectivity index (χ3v) is 11.0. The Hall–Kier alpha value is -2.89. The number of unbranched alkanes of at least 4 members (excludes halogenated alkanes) is 27. The zero-order valence-corrected chi connectivity index (χ0v) is 40.2. The minimum Gasteiger partial charge on any atom is -0.462 e. The molecule has 0 aromatic carbocycles. The molecule has 0 rings (SSSR count). The van der Waals surface area contributed by atoms with Gasteiger partial charge in [-0.3, -0.25) is 14.4 Å². The van der Waals surface area contributed by atoms with Crippen LogP contribution in [0.5, 0.6) is 0 Å². The predicted octanol–water partition coefficient (Wildman–Crippen LogP) is 16.9. The van der Waals surface area contributed by atoms with Crippen molar-refractivity contribution in [2.75, 3.05) is 13.2 Å². The molecule has 0 N–H and O–H groups in total. The summed E-state index contributed by atoms with van der Waals surface area (Å²) in [6.45, 7) is 6.51. The van der Waals surface area contributed by atoms with Crippen molar-refractivity contribution in [3.8, 4) is 0 Å². The lowest BCUT2D eigenvalue weighted by molar-refractivity contribution is -0.167. The Morgan fingerprint density at radius 3 is 1.02 bits per heavy atom. The fraction of sp³-hybridized carbons (Fsp3) is 0.764. The van der Waals surface area contributed by atoms with Gasteiger partial charge in [0.2, 0.25) is 0 Å². The van der Waals surface area contributed by atoms with E-state index in [9.17, 15) is 14.4 Å². The molecular formula is C55H96O6. The molecule has 0 aliphatic heterocycles. The molecule has 0 aromatic heterocycles. The van der Waals surface area contributed by atoms with E-state index in [2.05, 4.69) is 81.5 Å². The van der Waals surface area contributed by atoms with E-state index in [1.165, 1.54) is 141 Å². The number of esters is 3. The number of hydrogen-bond donors (Lipinski definition) is 0. The van der Waals surface area contributed by atoms with Gasteiger partial charge in [0.25, 0.3) is 0 Å². The van der Waals surface area contributed by atoms with Gasteiger partial charge in [-0.1, -0.05) is 204 Å². The summed E-state index contributed by atoms with van der Waals surface area (Å²) >= 11 is 0. The largest absolute Gasteiger partial charge is 0.462 e. The van der Waals surface area contributed by atoms with Crippen molar-refractivity contribution in [1.29, 1.82) is 0 Å². The molecule has 0 heterocycles. The summed E-state index contributed by atoms with van der Waals surface area (Å²) in [7, 11) is 0. The second kappa shape index (κ2) is 49.8. The molecule has 61 heavy (non-hydrogen) atoms. The van der Waals surface area contributed by atoms with Crippen LogP contribution < -0.4 is 0 Å². The molecular weight excluding hydrogens is 757 g/mol. The Morgan fingerprint density at radius 2 is 0.607 bits per heavy atom. The number of hydrogen-bond acceptors (Lipinski definition) is 6. The van der Waals surface area contributed by atoms with Gasteiger partial charge in [-0.05, 0) is 89.9 Å². The van der Waals surface area contributed by atoms with E-state index in [4.69, 9.17) is 14.2 Å². The molecule has 1 unspecified atom stereocenters. The molecule has 1 atom stereocenters. The lowest BCUT2D eigenvalue weighted by atomic mass is 10.1. The van der Waals surface area contributed by atoms with Crippen LogP contribution >= 0.6 is 0 Å². The monoisotopic (exact) mass is 853 g/mol. The van der Waals surface area contributed by atoms with Gasteiger partial charge in [-0.15, -0.1) is 0 Å². The molecule has 0 fully saturated rings. The minimum atomic E-state index is -0.790. The molecule has 0 saturated carbocycles. The fourth-order valence-corrected chi connectivity index (χ4v) is 7.07. The summed E-state index contributed by atoms with van der Waals surface area (Å²) in [6, 6.07) is 0. The third kappa shape index (κ3) is 48.0. The van der Waals surface area contributed by atoms with Crippen LogP contribution in [0.15, 0.2) is 60.8 Å². The van der Waals surface area contributed by atoms with Gasteiger partial charge in [-0.2, -0.15) is 0 Å². The average molecular weight is 853 g/mol. The number of rotatable bonds is 46. The van der Waals surface area contributed by atoms with Crippen LogP contribution in [-0.2, 0) is 28.6 Å². The highest BCUT2D eigenvalue weighted by Gasteiger charge is 2.19. The molecule has 0 aliphatic rings. The van der Waals surface area contributed by atoms with E-state index in [-0.39, 0.29) is 31.1 Å². The molecule has 0 aromatic rings. The van der Waals surface area contributed by atoms with Crippen LogP contribution in [0.1, 0.15) is 252 Å². The molecule has 6 heteroatoms. The third-order valence-electron chi connectivity index (χ3n) is 11.0. The lowest BCUT2D eigenvalue weighted by Gasteiger charge is -2.18. The Balaban J connectivity index is 4.33. The summed E-state index contributed by atoms with van der Waals surface area (Å²) in [5, 5.41) is 0. The first-order valence-electron chi connectivity index (χ1n) is 25.8. The summed E-state index contributed by atoms with van der Waals surface area (Å²) in [5.41, 5.74) is 0. The molecule has 352 valence electrons. The first-order chi connectivity index (χ1) is 30.0. The van der Waals surface area contributed by atoms with Crippen LogP contribution in [-0.4, -0.2) is 37.2 Å². The highest BCUT2D eigenvalue weighted by atomic mass is 16.6. The number of carbonyl (C=O) groups is 3. The zero-order valence-electron chi connectivity index (χ0n) is 40.2. The van der Waals surface area contributed by atoms with Gasteiger partial charge < -0.3 is 14.2 Å². The maximum Gasteiger partial charge on any atom is 0.306 e. The minimum absolute atomic E-state index is 0.0891. The van der Waals surface area contributed by atoms with Gasteiger partial charge in [0.1, 0.15) is 13.2 Å². The number of allylic oxidation sites excluding steroid dienone is 10. The van der Waals surface area contributed by atoms with Crippen molar-refractivity contribution in [2.24, 2.45) is 0 Å². The van der Waals surface area contributed by atoms with E-state index >= 15 is 0 Å². The van der Waals surface area contributed by atoms with Crippen LogP contribution in [0.25, 0.3) is 0 Å². The van der Waals surface area contributed by atoms with Crippen molar-refractivity contribution in [3.63, 3.8) is 0 Å². The second-order valence-electron chi connectivity index (χ2n) is 17.1. The van der Waals surface area contributed by atoms with Gasteiger partial charge in [0.05, 0.1) is 0 Å². The second-order valence-corrected chi connectivity index (χ2v) is 17.1. The van der Waals surface area contributed by atoms with Crippen LogP contribution in [0.3, 0.4) is 0 Å². The molecule has 0 amide bonds. The Bertz CT molecular complexity index is 1120. The quantitative estimate of drug-likeness (QED) is 0.0200. The highest BCUT2D eigenvalue weighted by Crippen LogP contribution is 2.14. The van der Waals surface area contributed by atoms with Gasteiger partial charge in [-0.25, -0.2) is 0 Å². The standard InChI is InChI=1S/C55H96O6/c1-4-7-10-13-16-19-21-23-25-26-27-28-30-31-33-36-39-42-45-48-54(57)60-51-52(50-59-53(56)47-44-41-38-35-18-15-12-9-6-3)61-55(58)49-46-43-40-37-34-32-29-24-22-20-17-14-11-8-5-2/h16-17,19-24,35,38,52H,4-15,18,25-34,36-37,39-51H2,1-3H3/b19-16-,20-17-,23-21-,24-22-,38-35-. The Morgan fingerprint density at radius 1 is 0.328 bits per heavy atom. The fourth-order valence-electron chi connectivity index (χ4n) is 7.07. The Labute approximate surface area is 377 Å². The molecule has 0 spiro atoms. The SMILES string of the molecule is CCCCC/C=C\C=C/CCCCCCCCCCCCC(=O)OCC(COC(=O)CCC/C=C\CCCCCC)OC(=O)CCCCCCCC/C=C\C=C/CCCCC. The van der Waals surface area contributed by atoms with E-state index in [1.54, 1.807) is 0 Å².